The van der Waals surface area contributed by atoms with Crippen molar-refractivity contribution in [2.45, 2.75) is 0 Å². The summed E-state index contributed by atoms with van der Waals surface area (Å²) in [5, 5.41) is 6.85. The van der Waals surface area contributed by atoms with Crippen molar-refractivity contribution in [2.75, 3.05) is 5.32 Å². The van der Waals surface area contributed by atoms with Gasteiger partial charge in [0.05, 0.1) is 0 Å². The van der Waals surface area contributed by atoms with E-state index in [4.69, 9.17) is 4.52 Å². The van der Waals surface area contributed by atoms with Gasteiger partial charge in [-0.1, -0.05) is 41.6 Å². The molecule has 0 aliphatic carbocycles. The molecule has 26 heavy (non-hydrogen) atoms. The van der Waals surface area contributed by atoms with E-state index >= 15 is 0 Å². The number of nitrogens with zero attached hydrogens (tertiary/aromatic N) is 3. The Morgan fingerprint density at radius 2 is 1.69 bits per heavy atom. The molecule has 0 atom stereocenters. The number of aromatic nitrogens is 3. The summed E-state index contributed by atoms with van der Waals surface area (Å²) in [5.41, 5.74) is 2.58. The van der Waals surface area contributed by atoms with Gasteiger partial charge >= 0.3 is 0 Å². The van der Waals surface area contributed by atoms with Crippen molar-refractivity contribution in [1.29, 1.82) is 0 Å². The zero-order chi connectivity index (χ0) is 17.8. The first-order chi connectivity index (χ1) is 12.8. The van der Waals surface area contributed by atoms with Gasteiger partial charge in [-0.15, -0.1) is 0 Å². The van der Waals surface area contributed by atoms with E-state index < -0.39 is 0 Å². The topological polar surface area (TPSA) is 80.9 Å². The van der Waals surface area contributed by atoms with Gasteiger partial charge in [-0.05, 0) is 36.4 Å². The summed E-state index contributed by atoms with van der Waals surface area (Å²) in [5.74, 6) is 0.627. The van der Waals surface area contributed by atoms with Crippen LogP contribution in [0.3, 0.4) is 0 Å². The van der Waals surface area contributed by atoms with Crippen molar-refractivity contribution in [2.24, 2.45) is 0 Å². The predicted molar refractivity (Wildman–Crippen MR) is 97.4 cm³/mol. The van der Waals surface area contributed by atoms with E-state index in [-0.39, 0.29) is 5.91 Å². The lowest BCUT2D eigenvalue weighted by molar-refractivity contribution is 0.102. The van der Waals surface area contributed by atoms with Crippen LogP contribution in [0.25, 0.3) is 22.8 Å². The van der Waals surface area contributed by atoms with E-state index in [9.17, 15) is 4.79 Å². The number of pyridine rings is 1. The molecule has 0 aliphatic heterocycles. The average molecular weight is 342 g/mol. The number of hydrogen-bond acceptors (Lipinski definition) is 5. The highest BCUT2D eigenvalue weighted by Crippen LogP contribution is 2.24. The highest BCUT2D eigenvalue weighted by atomic mass is 16.5. The van der Waals surface area contributed by atoms with Gasteiger partial charge in [0.1, 0.15) is 5.69 Å². The third-order valence-electron chi connectivity index (χ3n) is 3.72. The maximum Gasteiger partial charge on any atom is 0.274 e. The minimum Gasteiger partial charge on any atom is -0.334 e. The molecule has 2 heterocycles. The first-order valence-electron chi connectivity index (χ1n) is 8.01. The number of anilines is 1. The molecule has 4 aromatic rings. The number of carbonyl (C=O) groups is 1. The second kappa shape index (κ2) is 6.98. The fourth-order valence-corrected chi connectivity index (χ4v) is 2.47. The summed E-state index contributed by atoms with van der Waals surface area (Å²) in [4.78, 5) is 20.7. The molecule has 126 valence electrons. The van der Waals surface area contributed by atoms with Crippen molar-refractivity contribution in [3.05, 3.63) is 84.7 Å². The standard InChI is InChI=1S/C20H14N4O2/c25-19(17-11-4-5-12-21-17)22-16-10-6-9-15(13-16)18-23-20(26-24-18)14-7-2-1-3-8-14/h1-13H,(H,22,25). The van der Waals surface area contributed by atoms with Gasteiger partial charge in [-0.2, -0.15) is 4.98 Å². The molecule has 0 spiro atoms. The van der Waals surface area contributed by atoms with E-state index in [2.05, 4.69) is 20.4 Å². The summed E-state index contributed by atoms with van der Waals surface area (Å²) in [7, 11) is 0. The van der Waals surface area contributed by atoms with Crippen LogP contribution >= 0.6 is 0 Å². The second-order valence-electron chi connectivity index (χ2n) is 5.54. The molecule has 6 heteroatoms. The summed E-state index contributed by atoms with van der Waals surface area (Å²) in [6, 6.07) is 22.0. The van der Waals surface area contributed by atoms with Crippen LogP contribution in [0.2, 0.25) is 0 Å². The van der Waals surface area contributed by atoms with Crippen LogP contribution in [-0.4, -0.2) is 21.0 Å². The molecule has 2 aromatic heterocycles. The molecule has 1 N–H and O–H groups in total. The third kappa shape index (κ3) is 3.34. The van der Waals surface area contributed by atoms with E-state index in [1.54, 1.807) is 36.5 Å². The monoisotopic (exact) mass is 342 g/mol. The van der Waals surface area contributed by atoms with Gasteiger partial charge in [0.2, 0.25) is 5.82 Å². The van der Waals surface area contributed by atoms with E-state index in [1.165, 1.54) is 0 Å². The molecule has 4 rings (SSSR count). The second-order valence-corrected chi connectivity index (χ2v) is 5.54. The highest BCUT2D eigenvalue weighted by molar-refractivity contribution is 6.03. The van der Waals surface area contributed by atoms with Crippen LogP contribution in [0.1, 0.15) is 10.5 Å². The van der Waals surface area contributed by atoms with Gasteiger partial charge in [0.15, 0.2) is 0 Å². The Morgan fingerprint density at radius 1 is 0.885 bits per heavy atom. The molecular formula is C20H14N4O2. The Labute approximate surface area is 149 Å². The third-order valence-corrected chi connectivity index (χ3v) is 3.72. The maximum atomic E-state index is 12.2. The lowest BCUT2D eigenvalue weighted by Gasteiger charge is -2.05. The van der Waals surface area contributed by atoms with Gasteiger partial charge in [0.25, 0.3) is 11.8 Å². The van der Waals surface area contributed by atoms with Gasteiger partial charge in [0, 0.05) is 23.0 Å². The first-order valence-corrected chi connectivity index (χ1v) is 8.01. The first kappa shape index (κ1) is 15.7. The summed E-state index contributed by atoms with van der Waals surface area (Å²) < 4.78 is 5.34. The SMILES string of the molecule is O=C(Nc1cccc(-c2noc(-c3ccccc3)n2)c1)c1ccccn1. The molecule has 1 amide bonds. The molecular weight excluding hydrogens is 328 g/mol. The Morgan fingerprint density at radius 3 is 2.50 bits per heavy atom. The summed E-state index contributed by atoms with van der Waals surface area (Å²) in [6.45, 7) is 0. The lowest BCUT2D eigenvalue weighted by Crippen LogP contribution is -2.13. The molecule has 0 unspecified atom stereocenters. The summed E-state index contributed by atoms with van der Waals surface area (Å²) in [6.07, 6.45) is 1.58. The number of carbonyl (C=O) groups excluding carboxylic acids is 1. The van der Waals surface area contributed by atoms with Crippen LogP contribution in [0.4, 0.5) is 5.69 Å². The molecule has 0 saturated heterocycles. The van der Waals surface area contributed by atoms with Gasteiger partial charge in [-0.25, -0.2) is 0 Å². The Balaban J connectivity index is 1.57. The van der Waals surface area contributed by atoms with Crippen LogP contribution in [0.15, 0.2) is 83.5 Å². The Hall–Kier alpha value is -3.80. The zero-order valence-electron chi connectivity index (χ0n) is 13.7. The number of rotatable bonds is 4. The fraction of sp³-hybridized carbons (Fsp3) is 0. The van der Waals surface area contributed by atoms with Gasteiger partial charge in [-0.3, -0.25) is 9.78 Å². The number of nitrogens with one attached hydrogen (secondary N) is 1. The summed E-state index contributed by atoms with van der Waals surface area (Å²) >= 11 is 0. The van der Waals surface area contributed by atoms with Crippen LogP contribution in [0.5, 0.6) is 0 Å². The normalized spacial score (nSPS) is 10.5. The maximum absolute atomic E-state index is 12.2. The number of hydrogen-bond donors (Lipinski definition) is 1. The molecule has 0 fully saturated rings. The van der Waals surface area contributed by atoms with Crippen molar-refractivity contribution in [3.8, 4) is 22.8 Å². The molecule has 0 aliphatic rings. The van der Waals surface area contributed by atoms with Gasteiger partial charge < -0.3 is 9.84 Å². The number of benzene rings is 2. The lowest BCUT2D eigenvalue weighted by atomic mass is 10.2. The molecule has 6 nitrogen and oxygen atoms in total. The molecule has 0 saturated carbocycles. The van der Waals surface area contributed by atoms with Crippen molar-refractivity contribution in [3.63, 3.8) is 0 Å². The van der Waals surface area contributed by atoms with Crippen LogP contribution < -0.4 is 5.32 Å². The minimum atomic E-state index is -0.277. The average Bonchev–Trinajstić information content (AvgIpc) is 3.20. The largest absolute Gasteiger partial charge is 0.334 e. The zero-order valence-corrected chi connectivity index (χ0v) is 13.7. The molecule has 0 bridgehead atoms. The molecule has 0 radical (unpaired) electrons. The number of amides is 1. The van der Waals surface area contributed by atoms with Crippen molar-refractivity contribution in [1.82, 2.24) is 15.1 Å². The van der Waals surface area contributed by atoms with Crippen LogP contribution in [-0.2, 0) is 0 Å². The van der Waals surface area contributed by atoms with Crippen molar-refractivity contribution >= 4 is 11.6 Å². The van der Waals surface area contributed by atoms with E-state index in [0.29, 0.717) is 23.1 Å². The minimum absolute atomic E-state index is 0.277. The predicted octanol–water partition coefficient (Wildman–Crippen LogP) is 4.05. The molecule has 2 aromatic carbocycles. The smallest absolute Gasteiger partial charge is 0.274 e. The Bertz CT molecular complexity index is 1030. The quantitative estimate of drug-likeness (QED) is 0.605. The Kier molecular flexibility index (Phi) is 4.22. The fourth-order valence-electron chi connectivity index (χ4n) is 2.47. The highest BCUT2D eigenvalue weighted by Gasteiger charge is 2.12. The van der Waals surface area contributed by atoms with E-state index in [1.807, 2.05) is 42.5 Å². The van der Waals surface area contributed by atoms with Crippen LogP contribution in [0, 0.1) is 0 Å². The van der Waals surface area contributed by atoms with E-state index in [0.717, 1.165) is 11.1 Å². The van der Waals surface area contributed by atoms with Crippen molar-refractivity contribution < 1.29 is 9.32 Å².